The standard InChI is InChI=1S/C15H14N2O4/c1-10-8-11(6-7-16-10)15(20)17-12-4-2-3-5-13(12)21-9-14(18)19/h2-8H,9H2,1H3,(H,17,20)(H,18,19). The van der Waals surface area contributed by atoms with E-state index in [9.17, 15) is 9.59 Å². The lowest BCUT2D eigenvalue weighted by atomic mass is 10.2. The lowest BCUT2D eigenvalue weighted by Gasteiger charge is -2.11. The number of para-hydroxylation sites is 2. The normalized spacial score (nSPS) is 9.95. The van der Waals surface area contributed by atoms with Gasteiger partial charge in [0.15, 0.2) is 6.61 Å². The zero-order valence-electron chi connectivity index (χ0n) is 11.4. The van der Waals surface area contributed by atoms with E-state index < -0.39 is 12.6 Å². The fourth-order valence-corrected chi connectivity index (χ4v) is 1.72. The van der Waals surface area contributed by atoms with Gasteiger partial charge in [0, 0.05) is 17.5 Å². The van der Waals surface area contributed by atoms with Crippen molar-refractivity contribution in [1.82, 2.24) is 4.98 Å². The Kier molecular flexibility index (Phi) is 4.50. The molecule has 0 radical (unpaired) electrons. The molecule has 0 aliphatic carbocycles. The molecular formula is C15H14N2O4. The molecule has 21 heavy (non-hydrogen) atoms. The fourth-order valence-electron chi connectivity index (χ4n) is 1.72. The number of aliphatic carboxylic acids is 1. The zero-order chi connectivity index (χ0) is 15.2. The van der Waals surface area contributed by atoms with Gasteiger partial charge in [0.05, 0.1) is 5.69 Å². The Morgan fingerprint density at radius 3 is 2.76 bits per heavy atom. The van der Waals surface area contributed by atoms with Crippen molar-refractivity contribution < 1.29 is 19.4 Å². The predicted octanol–water partition coefficient (Wildman–Crippen LogP) is 2.11. The van der Waals surface area contributed by atoms with E-state index in [1.54, 1.807) is 49.5 Å². The molecular weight excluding hydrogens is 272 g/mol. The molecule has 1 heterocycles. The number of anilines is 1. The van der Waals surface area contributed by atoms with Crippen molar-refractivity contribution in [2.75, 3.05) is 11.9 Å². The number of benzene rings is 1. The van der Waals surface area contributed by atoms with Gasteiger partial charge in [-0.3, -0.25) is 9.78 Å². The molecule has 2 N–H and O–H groups in total. The topological polar surface area (TPSA) is 88.5 Å². The zero-order valence-corrected chi connectivity index (χ0v) is 11.4. The first-order chi connectivity index (χ1) is 10.1. The van der Waals surface area contributed by atoms with Gasteiger partial charge in [-0.2, -0.15) is 0 Å². The maximum absolute atomic E-state index is 12.1. The lowest BCUT2D eigenvalue weighted by Crippen LogP contribution is -2.15. The second-order valence-corrected chi connectivity index (χ2v) is 4.32. The highest BCUT2D eigenvalue weighted by Gasteiger charge is 2.11. The highest BCUT2D eigenvalue weighted by Crippen LogP contribution is 2.24. The van der Waals surface area contributed by atoms with Gasteiger partial charge in [-0.1, -0.05) is 12.1 Å². The number of carbonyl (C=O) groups excluding carboxylic acids is 1. The highest BCUT2D eigenvalue weighted by atomic mass is 16.5. The van der Waals surface area contributed by atoms with Crippen molar-refractivity contribution in [2.45, 2.75) is 6.92 Å². The largest absolute Gasteiger partial charge is 0.480 e. The third-order valence-corrected chi connectivity index (χ3v) is 2.65. The van der Waals surface area contributed by atoms with E-state index in [0.29, 0.717) is 17.0 Å². The monoisotopic (exact) mass is 286 g/mol. The molecule has 0 aliphatic heterocycles. The first kappa shape index (κ1) is 14.5. The van der Waals surface area contributed by atoms with Crippen molar-refractivity contribution in [3.05, 3.63) is 53.9 Å². The van der Waals surface area contributed by atoms with E-state index in [2.05, 4.69) is 10.3 Å². The number of nitrogens with zero attached hydrogens (tertiary/aromatic N) is 1. The first-order valence-electron chi connectivity index (χ1n) is 6.24. The van der Waals surface area contributed by atoms with Crippen LogP contribution in [0.15, 0.2) is 42.6 Å². The van der Waals surface area contributed by atoms with Crippen molar-refractivity contribution in [1.29, 1.82) is 0 Å². The SMILES string of the molecule is Cc1cc(C(=O)Nc2ccccc2OCC(=O)O)ccn1. The Balaban J connectivity index is 2.15. The van der Waals surface area contributed by atoms with Gasteiger partial charge >= 0.3 is 5.97 Å². The van der Waals surface area contributed by atoms with Gasteiger partial charge in [0.2, 0.25) is 0 Å². The Morgan fingerprint density at radius 2 is 2.05 bits per heavy atom. The van der Waals surface area contributed by atoms with Crippen LogP contribution >= 0.6 is 0 Å². The molecule has 0 spiro atoms. The third kappa shape index (κ3) is 4.04. The van der Waals surface area contributed by atoms with Crippen LogP contribution in [0.4, 0.5) is 5.69 Å². The van der Waals surface area contributed by atoms with E-state index in [-0.39, 0.29) is 5.91 Å². The maximum atomic E-state index is 12.1. The summed E-state index contributed by atoms with van der Waals surface area (Å²) in [6.45, 7) is 1.32. The Bertz CT molecular complexity index is 670. The van der Waals surface area contributed by atoms with Crippen molar-refractivity contribution in [3.8, 4) is 5.75 Å². The summed E-state index contributed by atoms with van der Waals surface area (Å²) in [6, 6.07) is 9.92. The molecule has 6 nitrogen and oxygen atoms in total. The summed E-state index contributed by atoms with van der Waals surface area (Å²) in [4.78, 5) is 26.7. The number of aromatic nitrogens is 1. The number of hydrogen-bond donors (Lipinski definition) is 2. The van der Waals surface area contributed by atoms with E-state index in [4.69, 9.17) is 9.84 Å². The Morgan fingerprint density at radius 1 is 1.29 bits per heavy atom. The number of carbonyl (C=O) groups is 2. The summed E-state index contributed by atoms with van der Waals surface area (Å²) in [7, 11) is 0. The van der Waals surface area contributed by atoms with Crippen molar-refractivity contribution >= 4 is 17.6 Å². The van der Waals surface area contributed by atoms with Gasteiger partial charge in [-0.25, -0.2) is 4.79 Å². The van der Waals surface area contributed by atoms with Crippen LogP contribution in [0.25, 0.3) is 0 Å². The summed E-state index contributed by atoms with van der Waals surface area (Å²) < 4.78 is 5.13. The smallest absolute Gasteiger partial charge is 0.341 e. The molecule has 2 aromatic rings. The van der Waals surface area contributed by atoms with Crippen LogP contribution < -0.4 is 10.1 Å². The number of pyridine rings is 1. The molecule has 0 bridgehead atoms. The fraction of sp³-hybridized carbons (Fsp3) is 0.133. The molecule has 0 saturated carbocycles. The quantitative estimate of drug-likeness (QED) is 0.878. The second-order valence-electron chi connectivity index (χ2n) is 4.32. The highest BCUT2D eigenvalue weighted by molar-refractivity contribution is 6.05. The molecule has 1 amide bonds. The van der Waals surface area contributed by atoms with Gasteiger partial charge < -0.3 is 15.2 Å². The first-order valence-corrected chi connectivity index (χ1v) is 6.24. The summed E-state index contributed by atoms with van der Waals surface area (Å²) in [5.74, 6) is -1.09. The number of ether oxygens (including phenoxy) is 1. The third-order valence-electron chi connectivity index (χ3n) is 2.65. The van der Waals surface area contributed by atoms with E-state index >= 15 is 0 Å². The van der Waals surface area contributed by atoms with Gasteiger partial charge in [-0.15, -0.1) is 0 Å². The van der Waals surface area contributed by atoms with Gasteiger partial charge in [0.1, 0.15) is 5.75 Å². The average molecular weight is 286 g/mol. The molecule has 2 rings (SSSR count). The van der Waals surface area contributed by atoms with E-state index in [0.717, 1.165) is 5.69 Å². The Labute approximate surface area is 121 Å². The van der Waals surface area contributed by atoms with Gasteiger partial charge in [-0.05, 0) is 31.2 Å². The minimum atomic E-state index is -1.08. The maximum Gasteiger partial charge on any atom is 0.341 e. The van der Waals surface area contributed by atoms with E-state index in [1.807, 2.05) is 0 Å². The molecule has 0 fully saturated rings. The number of carboxylic acids is 1. The molecule has 108 valence electrons. The molecule has 0 saturated heterocycles. The summed E-state index contributed by atoms with van der Waals surface area (Å²) >= 11 is 0. The second kappa shape index (κ2) is 6.51. The van der Waals surface area contributed by atoms with Crippen LogP contribution in [-0.4, -0.2) is 28.6 Å². The molecule has 6 heteroatoms. The van der Waals surface area contributed by atoms with Crippen LogP contribution in [0.1, 0.15) is 16.1 Å². The summed E-state index contributed by atoms with van der Waals surface area (Å²) in [6.07, 6.45) is 1.55. The molecule has 1 aromatic carbocycles. The minimum absolute atomic E-state index is 0.305. The number of carboxylic acid groups (broad SMARTS) is 1. The van der Waals surface area contributed by atoms with Crippen molar-refractivity contribution in [2.24, 2.45) is 0 Å². The number of aryl methyl sites for hydroxylation is 1. The molecule has 1 aromatic heterocycles. The number of rotatable bonds is 5. The minimum Gasteiger partial charge on any atom is -0.480 e. The van der Waals surface area contributed by atoms with E-state index in [1.165, 1.54) is 0 Å². The summed E-state index contributed by atoms with van der Waals surface area (Å²) in [5, 5.41) is 11.3. The van der Waals surface area contributed by atoms with Crippen LogP contribution in [0, 0.1) is 6.92 Å². The van der Waals surface area contributed by atoms with Crippen LogP contribution in [0.5, 0.6) is 5.75 Å². The molecule has 0 aliphatic rings. The van der Waals surface area contributed by atoms with Crippen LogP contribution in [0.3, 0.4) is 0 Å². The number of nitrogens with one attached hydrogen (secondary N) is 1. The van der Waals surface area contributed by atoms with Crippen molar-refractivity contribution in [3.63, 3.8) is 0 Å². The molecule has 0 atom stereocenters. The number of amides is 1. The Hall–Kier alpha value is -2.89. The summed E-state index contributed by atoms with van der Waals surface area (Å²) in [5.41, 5.74) is 1.62. The average Bonchev–Trinajstić information content (AvgIpc) is 2.46. The molecule has 0 unspecified atom stereocenters. The van der Waals surface area contributed by atoms with Gasteiger partial charge in [0.25, 0.3) is 5.91 Å². The predicted molar refractivity (Wildman–Crippen MR) is 76.5 cm³/mol. The van der Waals surface area contributed by atoms with Crippen LogP contribution in [-0.2, 0) is 4.79 Å². The number of hydrogen-bond acceptors (Lipinski definition) is 4. The van der Waals surface area contributed by atoms with Crippen LogP contribution in [0.2, 0.25) is 0 Å². The lowest BCUT2D eigenvalue weighted by molar-refractivity contribution is -0.139.